The van der Waals surface area contributed by atoms with Gasteiger partial charge in [0.05, 0.1) is 22.5 Å². The van der Waals surface area contributed by atoms with E-state index in [0.717, 1.165) is 6.07 Å². The first-order chi connectivity index (χ1) is 9.72. The molecular formula is C13H13BrFN3O2S. The van der Waals surface area contributed by atoms with Gasteiger partial charge in [0.15, 0.2) is 0 Å². The van der Waals surface area contributed by atoms with Crippen molar-refractivity contribution >= 4 is 37.3 Å². The highest BCUT2D eigenvalue weighted by atomic mass is 79.9. The number of aromatic nitrogens is 1. The number of sulfonamides is 1. The minimum absolute atomic E-state index is 0.0238. The summed E-state index contributed by atoms with van der Waals surface area (Å²) in [5, 5.41) is 0. The lowest BCUT2D eigenvalue weighted by Gasteiger charge is -2.15. The number of nitrogens with one attached hydrogen (secondary N) is 1. The average molecular weight is 374 g/mol. The zero-order valence-electron chi connectivity index (χ0n) is 11.3. The maximum absolute atomic E-state index is 13.5. The maximum atomic E-state index is 13.5. The number of nitrogen functional groups attached to an aromatic ring is 1. The Morgan fingerprint density at radius 3 is 2.57 bits per heavy atom. The molecule has 0 bridgehead atoms. The summed E-state index contributed by atoms with van der Waals surface area (Å²) in [6, 6.07) is 4.28. The van der Waals surface area contributed by atoms with Crippen molar-refractivity contribution in [3.8, 4) is 0 Å². The van der Waals surface area contributed by atoms with E-state index >= 15 is 0 Å². The van der Waals surface area contributed by atoms with E-state index < -0.39 is 15.8 Å². The molecule has 3 N–H and O–H groups in total. The highest BCUT2D eigenvalue weighted by molar-refractivity contribution is 9.10. The Morgan fingerprint density at radius 2 is 2.00 bits per heavy atom. The fraction of sp³-hybridized carbons (Fsp3) is 0.154. The Labute approximate surface area is 130 Å². The minimum atomic E-state index is -3.88. The van der Waals surface area contributed by atoms with E-state index in [0.29, 0.717) is 10.3 Å². The normalized spacial score (nSPS) is 11.4. The molecule has 0 fully saturated rings. The molecule has 0 aliphatic rings. The largest absolute Gasteiger partial charge is 0.396 e. The summed E-state index contributed by atoms with van der Waals surface area (Å²) < 4.78 is 41.4. The molecule has 0 unspecified atom stereocenters. The van der Waals surface area contributed by atoms with Crippen LogP contribution < -0.4 is 10.5 Å². The standard InChI is InChI=1S/C13H13BrFN3O2S/c1-7-5-10(15)12(16)8(2)13(7)21(19,20)18-9-3-4-11(14)17-6-9/h3-6,18H,16H2,1-2H3. The van der Waals surface area contributed by atoms with E-state index in [1.807, 2.05) is 0 Å². The first-order valence-electron chi connectivity index (χ1n) is 5.92. The van der Waals surface area contributed by atoms with Crippen LogP contribution in [0.5, 0.6) is 0 Å². The summed E-state index contributed by atoms with van der Waals surface area (Å²) in [4.78, 5) is 3.91. The van der Waals surface area contributed by atoms with Crippen molar-refractivity contribution in [2.75, 3.05) is 10.5 Å². The molecule has 1 aromatic heterocycles. The summed E-state index contributed by atoms with van der Waals surface area (Å²) in [5.74, 6) is -0.630. The van der Waals surface area contributed by atoms with Gasteiger partial charge in [-0.1, -0.05) is 0 Å². The van der Waals surface area contributed by atoms with Crippen LogP contribution in [-0.2, 0) is 10.0 Å². The Morgan fingerprint density at radius 1 is 1.33 bits per heavy atom. The molecule has 21 heavy (non-hydrogen) atoms. The van der Waals surface area contributed by atoms with Crippen molar-refractivity contribution in [3.05, 3.63) is 45.9 Å². The summed E-state index contributed by atoms with van der Waals surface area (Å²) in [6.07, 6.45) is 1.37. The second kappa shape index (κ2) is 5.61. The number of halogens is 2. The van der Waals surface area contributed by atoms with E-state index in [4.69, 9.17) is 5.73 Å². The first-order valence-corrected chi connectivity index (χ1v) is 8.19. The third kappa shape index (κ3) is 3.16. The highest BCUT2D eigenvalue weighted by Gasteiger charge is 2.23. The van der Waals surface area contributed by atoms with Crippen LogP contribution in [-0.4, -0.2) is 13.4 Å². The van der Waals surface area contributed by atoms with Crippen LogP contribution in [0.15, 0.2) is 33.9 Å². The van der Waals surface area contributed by atoms with Gasteiger partial charge < -0.3 is 5.73 Å². The van der Waals surface area contributed by atoms with E-state index in [2.05, 4.69) is 25.6 Å². The van der Waals surface area contributed by atoms with Crippen molar-refractivity contribution in [1.82, 2.24) is 4.98 Å². The van der Waals surface area contributed by atoms with Crippen LogP contribution >= 0.6 is 15.9 Å². The van der Waals surface area contributed by atoms with Gasteiger partial charge in [-0.2, -0.15) is 0 Å². The van der Waals surface area contributed by atoms with Crippen LogP contribution in [0.1, 0.15) is 11.1 Å². The lowest BCUT2D eigenvalue weighted by Crippen LogP contribution is -2.17. The smallest absolute Gasteiger partial charge is 0.262 e. The molecule has 0 spiro atoms. The maximum Gasteiger partial charge on any atom is 0.262 e. The third-order valence-corrected chi connectivity index (χ3v) is 5.09. The Kier molecular flexibility index (Phi) is 4.20. The number of hydrogen-bond acceptors (Lipinski definition) is 4. The van der Waals surface area contributed by atoms with Crippen molar-refractivity contribution in [2.24, 2.45) is 0 Å². The molecule has 2 aromatic rings. The summed E-state index contributed by atoms with van der Waals surface area (Å²) in [6.45, 7) is 2.99. The van der Waals surface area contributed by atoms with Gasteiger partial charge in [0.25, 0.3) is 10.0 Å². The van der Waals surface area contributed by atoms with Crippen molar-refractivity contribution in [1.29, 1.82) is 0 Å². The number of aryl methyl sites for hydroxylation is 1. The van der Waals surface area contributed by atoms with Gasteiger partial charge in [0, 0.05) is 0 Å². The molecule has 0 saturated carbocycles. The second-order valence-electron chi connectivity index (χ2n) is 4.52. The van der Waals surface area contributed by atoms with Crippen LogP contribution in [0.25, 0.3) is 0 Å². The molecule has 0 aliphatic heterocycles. The van der Waals surface area contributed by atoms with Gasteiger partial charge in [-0.3, -0.25) is 4.72 Å². The lowest BCUT2D eigenvalue weighted by molar-refractivity contribution is 0.598. The number of anilines is 2. The summed E-state index contributed by atoms with van der Waals surface area (Å²) >= 11 is 3.16. The molecule has 8 heteroatoms. The topological polar surface area (TPSA) is 85.1 Å². The number of rotatable bonds is 3. The monoisotopic (exact) mass is 373 g/mol. The van der Waals surface area contributed by atoms with E-state index in [9.17, 15) is 12.8 Å². The van der Waals surface area contributed by atoms with Gasteiger partial charge >= 0.3 is 0 Å². The van der Waals surface area contributed by atoms with E-state index in [1.165, 1.54) is 20.0 Å². The fourth-order valence-corrected chi connectivity index (χ4v) is 3.75. The molecule has 1 aromatic carbocycles. The van der Waals surface area contributed by atoms with Crippen molar-refractivity contribution in [2.45, 2.75) is 18.7 Å². The minimum Gasteiger partial charge on any atom is -0.396 e. The Hall–Kier alpha value is -1.67. The van der Waals surface area contributed by atoms with Crippen LogP contribution in [0.4, 0.5) is 15.8 Å². The van der Waals surface area contributed by atoms with Crippen molar-refractivity contribution < 1.29 is 12.8 Å². The van der Waals surface area contributed by atoms with Gasteiger partial charge in [-0.05, 0) is 59.1 Å². The first kappa shape index (κ1) is 15.7. The quantitative estimate of drug-likeness (QED) is 0.639. The van der Waals surface area contributed by atoms with Gasteiger partial charge in [-0.15, -0.1) is 0 Å². The predicted octanol–water partition coefficient (Wildman–Crippen LogP) is 2.98. The van der Waals surface area contributed by atoms with Crippen LogP contribution in [0.2, 0.25) is 0 Å². The fourth-order valence-electron chi connectivity index (χ4n) is 1.99. The zero-order chi connectivity index (χ0) is 15.8. The van der Waals surface area contributed by atoms with E-state index in [-0.39, 0.29) is 21.7 Å². The Balaban J connectivity index is 2.50. The van der Waals surface area contributed by atoms with Crippen molar-refractivity contribution in [3.63, 3.8) is 0 Å². The number of nitrogens with two attached hydrogens (primary N) is 1. The van der Waals surface area contributed by atoms with Gasteiger partial charge in [0.2, 0.25) is 0 Å². The molecule has 0 saturated heterocycles. The molecule has 2 rings (SSSR count). The second-order valence-corrected chi connectivity index (χ2v) is 6.95. The third-order valence-electron chi connectivity index (χ3n) is 2.95. The molecule has 5 nitrogen and oxygen atoms in total. The molecule has 1 heterocycles. The number of benzene rings is 1. The highest BCUT2D eigenvalue weighted by Crippen LogP contribution is 2.29. The molecule has 0 amide bonds. The van der Waals surface area contributed by atoms with Crippen LogP contribution in [0, 0.1) is 19.7 Å². The molecule has 112 valence electrons. The zero-order valence-corrected chi connectivity index (χ0v) is 13.7. The Bertz CT molecular complexity index is 792. The number of pyridine rings is 1. The summed E-state index contributed by atoms with van der Waals surface area (Å²) in [7, 11) is -3.88. The molecule has 0 radical (unpaired) electrons. The molecule has 0 atom stereocenters. The number of nitrogens with zero attached hydrogens (tertiary/aromatic N) is 1. The van der Waals surface area contributed by atoms with Gasteiger partial charge in [0.1, 0.15) is 10.4 Å². The van der Waals surface area contributed by atoms with E-state index in [1.54, 1.807) is 12.1 Å². The SMILES string of the molecule is Cc1cc(F)c(N)c(C)c1S(=O)(=O)Nc1ccc(Br)nc1. The van der Waals surface area contributed by atoms with Gasteiger partial charge in [-0.25, -0.2) is 17.8 Å². The van der Waals surface area contributed by atoms with Crippen LogP contribution in [0.3, 0.4) is 0 Å². The summed E-state index contributed by atoms with van der Waals surface area (Å²) in [5.41, 5.74) is 6.18. The molecule has 0 aliphatic carbocycles. The molecular weight excluding hydrogens is 361 g/mol. The lowest BCUT2D eigenvalue weighted by atomic mass is 10.1. The number of hydrogen-bond donors (Lipinski definition) is 2. The average Bonchev–Trinajstić information content (AvgIpc) is 2.38. The predicted molar refractivity (Wildman–Crippen MR) is 83.0 cm³/mol.